The van der Waals surface area contributed by atoms with Crippen LogP contribution in [0.2, 0.25) is 0 Å². The maximum atomic E-state index is 11.3. The van der Waals surface area contributed by atoms with Crippen LogP contribution < -0.4 is 20.6 Å². The number of rotatable bonds is 24. The third kappa shape index (κ3) is 25.5. The molecule has 0 aliphatic carbocycles. The van der Waals surface area contributed by atoms with E-state index < -0.39 is 61.1 Å². The molecule has 60 heavy (non-hydrogen) atoms. The fourth-order valence-corrected chi connectivity index (χ4v) is 11.2. The average molecular weight is 933 g/mol. The fraction of sp³-hybridized carbons (Fsp3) is 0.800. The molecule has 4 heterocycles. The molecule has 16 nitrogen and oxygen atoms in total. The third-order valence-electron chi connectivity index (χ3n) is 10.8. The van der Waals surface area contributed by atoms with Crippen molar-refractivity contribution in [2.45, 2.75) is 174 Å². The summed E-state index contributed by atoms with van der Waals surface area (Å²) in [6.07, 6.45) is 21.9. The quantitative estimate of drug-likeness (QED) is 0.0958. The maximum absolute atomic E-state index is 11.3. The Balaban J connectivity index is 0.000000400. The van der Waals surface area contributed by atoms with Crippen molar-refractivity contribution in [2.24, 2.45) is 20.6 Å². The number of allylic oxidation sites excluding steroid dienone is 4. The lowest BCUT2D eigenvalue weighted by atomic mass is 10.1. The van der Waals surface area contributed by atoms with Gasteiger partial charge in [0, 0.05) is 26.4 Å². The largest absolute Gasteiger partial charge is 0.378 e. The summed E-state index contributed by atoms with van der Waals surface area (Å²) in [7, 11) is -13.8. The van der Waals surface area contributed by atoms with Crippen molar-refractivity contribution in [3.05, 3.63) is 50.6 Å². The number of primary sulfonamides is 4. The number of hydrogen-bond donors (Lipinski definition) is 4. The van der Waals surface area contributed by atoms with Crippen LogP contribution >= 0.6 is 0 Å². The Morgan fingerprint density at radius 2 is 0.583 bits per heavy atom. The van der Waals surface area contributed by atoms with Gasteiger partial charge in [-0.05, 0) is 128 Å². The molecule has 0 aromatic rings. The van der Waals surface area contributed by atoms with Gasteiger partial charge in [-0.25, -0.2) is 54.2 Å². The second-order valence-corrected chi connectivity index (χ2v) is 23.2. The van der Waals surface area contributed by atoms with Crippen LogP contribution in [0.4, 0.5) is 0 Å². The zero-order valence-electron chi connectivity index (χ0n) is 35.6. The lowest BCUT2D eigenvalue weighted by Gasteiger charge is -2.17. The van der Waals surface area contributed by atoms with Gasteiger partial charge in [0.1, 0.15) is 0 Å². The maximum Gasteiger partial charge on any atom is 0.212 e. The molecular formula is C40H76N4O12S4. The number of ether oxygens (including phenoxy) is 4. The van der Waals surface area contributed by atoms with E-state index in [0.29, 0.717) is 77.0 Å². The van der Waals surface area contributed by atoms with Crippen LogP contribution in [0, 0.1) is 0 Å². The molecule has 0 radical (unpaired) electrons. The predicted molar refractivity (Wildman–Crippen MR) is 240 cm³/mol. The molecule has 20 heteroatoms. The van der Waals surface area contributed by atoms with Crippen molar-refractivity contribution in [1.82, 2.24) is 0 Å². The fourth-order valence-electron chi connectivity index (χ4n) is 7.37. The van der Waals surface area contributed by atoms with Crippen LogP contribution in [0.5, 0.6) is 0 Å². The molecule has 8 N–H and O–H groups in total. The van der Waals surface area contributed by atoms with E-state index in [-0.39, 0.29) is 24.4 Å². The Labute approximate surface area is 362 Å². The molecule has 352 valence electrons. The molecule has 0 unspecified atom stereocenters. The highest BCUT2D eigenvalue weighted by Gasteiger charge is 2.30. The SMILES string of the molecule is C=CCC[C@@H](C[C@@H]1CCCO1)S(N)(=O)=O.C=CCC[C@@H](C[C@H]1CCCO1)S(N)(=O)=O.C=CCC[C@H](C[C@@H]1CCCO1)S(N)(=O)=O.C=CCC[C@H](C[C@H]1CCCO1)S(N)(=O)=O. The van der Waals surface area contributed by atoms with Crippen molar-refractivity contribution in [3.8, 4) is 0 Å². The second-order valence-electron chi connectivity index (χ2n) is 15.8. The summed E-state index contributed by atoms with van der Waals surface area (Å²) in [4.78, 5) is 0. The molecule has 0 bridgehead atoms. The topological polar surface area (TPSA) is 278 Å². The minimum Gasteiger partial charge on any atom is -0.378 e. The smallest absolute Gasteiger partial charge is 0.212 e. The third-order valence-corrected chi connectivity index (χ3v) is 16.3. The summed E-state index contributed by atoms with van der Waals surface area (Å²) in [6.45, 7) is 17.3. The molecule has 4 rings (SSSR count). The van der Waals surface area contributed by atoms with E-state index in [0.717, 1.165) is 77.8 Å². The van der Waals surface area contributed by atoms with Crippen molar-refractivity contribution in [2.75, 3.05) is 26.4 Å². The summed E-state index contributed by atoms with van der Waals surface area (Å²) in [5.74, 6) is 0. The number of hydrogen-bond acceptors (Lipinski definition) is 12. The van der Waals surface area contributed by atoms with E-state index in [9.17, 15) is 33.7 Å². The van der Waals surface area contributed by atoms with Gasteiger partial charge in [0.25, 0.3) is 0 Å². The Bertz CT molecular complexity index is 1420. The van der Waals surface area contributed by atoms with E-state index in [4.69, 9.17) is 39.5 Å². The first-order valence-corrected chi connectivity index (χ1v) is 27.6. The highest BCUT2D eigenvalue weighted by Crippen LogP contribution is 2.25. The molecule has 0 saturated carbocycles. The van der Waals surface area contributed by atoms with E-state index in [2.05, 4.69) is 26.3 Å². The van der Waals surface area contributed by atoms with Crippen LogP contribution in [0.1, 0.15) is 128 Å². The molecule has 0 aromatic heterocycles. The molecule has 0 spiro atoms. The van der Waals surface area contributed by atoms with Crippen LogP contribution in [0.25, 0.3) is 0 Å². The monoisotopic (exact) mass is 932 g/mol. The average Bonchev–Trinajstić information content (AvgIpc) is 4.01. The van der Waals surface area contributed by atoms with Crippen LogP contribution in [-0.2, 0) is 59.0 Å². The summed E-state index contributed by atoms with van der Waals surface area (Å²) >= 11 is 0. The molecule has 8 atom stereocenters. The molecule has 4 fully saturated rings. The minimum atomic E-state index is -3.45. The van der Waals surface area contributed by atoms with Crippen molar-refractivity contribution in [1.29, 1.82) is 0 Å². The normalized spacial score (nSPS) is 23.9. The Kier molecular flexibility index (Phi) is 28.0. The van der Waals surface area contributed by atoms with Crippen molar-refractivity contribution >= 4 is 40.1 Å². The zero-order chi connectivity index (χ0) is 45.2. The van der Waals surface area contributed by atoms with Gasteiger partial charge >= 0.3 is 0 Å². The molecule has 4 aliphatic rings. The molecule has 0 amide bonds. The number of sulfonamides is 4. The molecule has 4 saturated heterocycles. The Morgan fingerprint density at radius 1 is 0.400 bits per heavy atom. The first-order valence-electron chi connectivity index (χ1n) is 21.1. The first kappa shape index (κ1) is 56.5. The summed E-state index contributed by atoms with van der Waals surface area (Å²) in [5, 5.41) is 18.8. The molecule has 0 aromatic carbocycles. The standard InChI is InChI=1S/4C10H19NO3S/c4*1-2-3-6-10(15(11,12)13)8-9-5-4-7-14-9/h4*2,9-10H,1,3-8H2,(H2,11,12,13)/t2*9-,10+;2*9-,10-/m1010/s1. The van der Waals surface area contributed by atoms with Crippen LogP contribution in [0.15, 0.2) is 50.6 Å². The predicted octanol–water partition coefficient (Wildman–Crippen LogP) is 4.72. The van der Waals surface area contributed by atoms with Gasteiger partial charge in [0.2, 0.25) is 40.1 Å². The molecule has 4 aliphatic heterocycles. The molecular weight excluding hydrogens is 857 g/mol. The van der Waals surface area contributed by atoms with E-state index >= 15 is 0 Å². The van der Waals surface area contributed by atoms with Gasteiger partial charge in [-0.15, -0.1) is 26.3 Å². The van der Waals surface area contributed by atoms with E-state index in [1.54, 1.807) is 24.3 Å². The van der Waals surface area contributed by atoms with Gasteiger partial charge in [0.15, 0.2) is 0 Å². The van der Waals surface area contributed by atoms with Crippen molar-refractivity contribution < 1.29 is 52.6 Å². The second kappa shape index (κ2) is 29.7. The summed E-state index contributed by atoms with van der Waals surface area (Å²) in [6, 6.07) is 0. The van der Waals surface area contributed by atoms with Gasteiger partial charge in [0.05, 0.1) is 45.4 Å². The van der Waals surface area contributed by atoms with Gasteiger partial charge < -0.3 is 18.9 Å². The van der Waals surface area contributed by atoms with Crippen molar-refractivity contribution in [3.63, 3.8) is 0 Å². The van der Waals surface area contributed by atoms with Crippen LogP contribution in [0.3, 0.4) is 0 Å². The zero-order valence-corrected chi connectivity index (χ0v) is 38.8. The van der Waals surface area contributed by atoms with Gasteiger partial charge in [-0.1, -0.05) is 24.3 Å². The highest BCUT2D eigenvalue weighted by atomic mass is 32.2. The van der Waals surface area contributed by atoms with Crippen LogP contribution in [-0.4, -0.2) is 106 Å². The highest BCUT2D eigenvalue weighted by molar-refractivity contribution is 7.90. The van der Waals surface area contributed by atoms with Gasteiger partial charge in [-0.2, -0.15) is 0 Å². The summed E-state index contributed by atoms with van der Waals surface area (Å²) in [5.41, 5.74) is 0. The van der Waals surface area contributed by atoms with E-state index in [1.807, 2.05) is 0 Å². The first-order chi connectivity index (χ1) is 28.1. The minimum absolute atomic E-state index is 0.0677. The Morgan fingerprint density at radius 3 is 0.700 bits per heavy atom. The lowest BCUT2D eigenvalue weighted by molar-refractivity contribution is 0.102. The summed E-state index contributed by atoms with van der Waals surface area (Å²) < 4.78 is 112. The lowest BCUT2D eigenvalue weighted by Crippen LogP contribution is -2.31. The van der Waals surface area contributed by atoms with E-state index in [1.165, 1.54) is 0 Å². The van der Waals surface area contributed by atoms with Gasteiger partial charge in [-0.3, -0.25) is 0 Å². The Hall–Kier alpha value is -1.56. The number of nitrogens with two attached hydrogens (primary N) is 4.